The summed E-state index contributed by atoms with van der Waals surface area (Å²) in [6.07, 6.45) is 0. The molecule has 0 aliphatic carbocycles. The molecule has 0 heterocycles. The zero-order chi connectivity index (χ0) is 15.8. The average molecular weight is 353 g/mol. The fraction of sp³-hybridized carbons (Fsp3) is 0. The molecule has 0 aromatic heterocycles. The molecule has 0 amide bonds. The van der Waals surface area contributed by atoms with Crippen LogP contribution in [0.25, 0.3) is 0 Å². The number of halogens is 3. The van der Waals surface area contributed by atoms with Gasteiger partial charge in [-0.2, -0.15) is 8.42 Å². The van der Waals surface area contributed by atoms with Crippen LogP contribution in [0.2, 0.25) is 10.0 Å². The van der Waals surface area contributed by atoms with E-state index in [1.54, 1.807) is 0 Å². The first-order valence-corrected chi connectivity index (χ1v) is 7.49. The molecule has 0 saturated carbocycles. The van der Waals surface area contributed by atoms with E-state index in [2.05, 4.69) is 0 Å². The van der Waals surface area contributed by atoms with Gasteiger partial charge in [-0.3, -0.25) is 0 Å². The maximum atomic E-state index is 13.1. The Morgan fingerprint density at radius 3 is 2.29 bits per heavy atom. The van der Waals surface area contributed by atoms with Crippen molar-refractivity contribution in [2.24, 2.45) is 0 Å². The first kappa shape index (κ1) is 15.7. The van der Waals surface area contributed by atoms with E-state index in [-0.39, 0.29) is 21.5 Å². The Labute approximate surface area is 129 Å². The van der Waals surface area contributed by atoms with Crippen molar-refractivity contribution in [3.63, 3.8) is 0 Å². The van der Waals surface area contributed by atoms with Crippen LogP contribution in [0.15, 0.2) is 35.2 Å². The first-order chi connectivity index (χ1) is 9.72. The molecule has 2 rings (SSSR count). The van der Waals surface area contributed by atoms with E-state index >= 15 is 0 Å². The third-order valence-electron chi connectivity index (χ3n) is 2.42. The van der Waals surface area contributed by atoms with Gasteiger partial charge in [0, 0.05) is 0 Å². The summed E-state index contributed by atoms with van der Waals surface area (Å²) in [6.45, 7) is 0. The van der Waals surface area contributed by atoms with Crippen molar-refractivity contribution < 1.29 is 27.2 Å². The molecule has 112 valence electrons. The predicted octanol–water partition coefficient (Wildman–Crippen LogP) is 3.31. The Balaban J connectivity index is 2.47. The Morgan fingerprint density at radius 1 is 1.00 bits per heavy atom. The molecule has 2 aromatic carbocycles. The largest absolute Gasteiger partial charge is 0.506 e. The van der Waals surface area contributed by atoms with Gasteiger partial charge in [0.05, 0.1) is 0 Å². The van der Waals surface area contributed by atoms with Gasteiger partial charge in [0.15, 0.2) is 10.6 Å². The fourth-order valence-electron chi connectivity index (χ4n) is 1.44. The third kappa shape index (κ3) is 3.15. The monoisotopic (exact) mass is 352 g/mol. The van der Waals surface area contributed by atoms with E-state index < -0.39 is 26.6 Å². The van der Waals surface area contributed by atoms with Gasteiger partial charge in [-0.1, -0.05) is 23.2 Å². The van der Waals surface area contributed by atoms with E-state index in [9.17, 15) is 23.0 Å². The standard InChI is InChI=1S/C12H7Cl2FO5S/c13-11-8(17)3-4-9(12(11)14)20-21(18,19)10-5-6(15)1-2-7(10)16/h1-5,16-17H. The highest BCUT2D eigenvalue weighted by molar-refractivity contribution is 7.87. The summed E-state index contributed by atoms with van der Waals surface area (Å²) in [5.41, 5.74) is 0. The minimum absolute atomic E-state index is 0.298. The molecule has 0 saturated heterocycles. The second-order valence-corrected chi connectivity index (χ2v) is 6.13. The van der Waals surface area contributed by atoms with E-state index in [1.807, 2.05) is 0 Å². The highest BCUT2D eigenvalue weighted by Crippen LogP contribution is 2.39. The Morgan fingerprint density at radius 2 is 1.62 bits per heavy atom. The van der Waals surface area contributed by atoms with Crippen LogP contribution in [0.4, 0.5) is 4.39 Å². The highest BCUT2D eigenvalue weighted by atomic mass is 35.5. The molecule has 0 spiro atoms. The Bertz CT molecular complexity index is 808. The number of benzene rings is 2. The van der Waals surface area contributed by atoms with E-state index in [4.69, 9.17) is 27.4 Å². The smallest absolute Gasteiger partial charge is 0.343 e. The summed E-state index contributed by atoms with van der Waals surface area (Å²) in [6, 6.07) is 4.50. The zero-order valence-corrected chi connectivity index (χ0v) is 12.4. The lowest BCUT2D eigenvalue weighted by atomic mass is 10.3. The lowest BCUT2D eigenvalue weighted by molar-refractivity contribution is 0.440. The molecule has 0 fully saturated rings. The number of phenolic OH excluding ortho intramolecular Hbond substituents is 2. The van der Waals surface area contributed by atoms with Crippen LogP contribution in [0.5, 0.6) is 17.2 Å². The molecule has 2 aromatic rings. The van der Waals surface area contributed by atoms with E-state index in [0.29, 0.717) is 6.07 Å². The van der Waals surface area contributed by atoms with Crippen molar-refractivity contribution in [3.05, 3.63) is 46.2 Å². The van der Waals surface area contributed by atoms with Crippen LogP contribution in [-0.2, 0) is 10.1 Å². The quantitative estimate of drug-likeness (QED) is 0.827. The summed E-state index contributed by atoms with van der Waals surface area (Å²) in [4.78, 5) is -0.761. The van der Waals surface area contributed by atoms with Gasteiger partial charge >= 0.3 is 10.1 Å². The van der Waals surface area contributed by atoms with Crippen molar-refractivity contribution in [1.82, 2.24) is 0 Å². The van der Waals surface area contributed by atoms with Crippen LogP contribution < -0.4 is 4.18 Å². The van der Waals surface area contributed by atoms with Gasteiger partial charge in [-0.05, 0) is 30.3 Å². The molecule has 5 nitrogen and oxygen atoms in total. The van der Waals surface area contributed by atoms with Gasteiger partial charge in [-0.15, -0.1) is 0 Å². The summed E-state index contributed by atoms with van der Waals surface area (Å²) in [5.74, 6) is -2.29. The van der Waals surface area contributed by atoms with Gasteiger partial charge in [0.25, 0.3) is 0 Å². The van der Waals surface area contributed by atoms with Crippen molar-refractivity contribution >= 4 is 33.3 Å². The van der Waals surface area contributed by atoms with Gasteiger partial charge in [0.1, 0.15) is 27.4 Å². The predicted molar refractivity (Wildman–Crippen MR) is 74.0 cm³/mol. The summed E-state index contributed by atoms with van der Waals surface area (Å²) < 4.78 is 41.8. The second-order valence-electron chi connectivity index (χ2n) is 3.86. The van der Waals surface area contributed by atoms with Crippen LogP contribution in [0.1, 0.15) is 0 Å². The lowest BCUT2D eigenvalue weighted by Crippen LogP contribution is -2.10. The van der Waals surface area contributed by atoms with E-state index in [0.717, 1.165) is 24.3 Å². The van der Waals surface area contributed by atoms with Crippen molar-refractivity contribution in [2.45, 2.75) is 4.90 Å². The average Bonchev–Trinajstić information content (AvgIpc) is 2.42. The lowest BCUT2D eigenvalue weighted by Gasteiger charge is -2.11. The van der Waals surface area contributed by atoms with Crippen molar-refractivity contribution in [2.75, 3.05) is 0 Å². The fourth-order valence-corrected chi connectivity index (χ4v) is 2.88. The molecule has 0 atom stereocenters. The SMILES string of the molecule is O=S(=O)(Oc1ccc(O)c(Cl)c1Cl)c1cc(F)ccc1O. The van der Waals surface area contributed by atoms with Gasteiger partial charge in [0.2, 0.25) is 0 Å². The van der Waals surface area contributed by atoms with Crippen molar-refractivity contribution in [1.29, 1.82) is 0 Å². The normalized spacial score (nSPS) is 11.4. The van der Waals surface area contributed by atoms with Gasteiger partial charge < -0.3 is 14.4 Å². The summed E-state index contributed by atoms with van der Waals surface area (Å²) in [5, 5.41) is 18.2. The van der Waals surface area contributed by atoms with Gasteiger partial charge in [-0.25, -0.2) is 4.39 Å². The van der Waals surface area contributed by atoms with E-state index in [1.165, 1.54) is 0 Å². The molecule has 0 bridgehead atoms. The van der Waals surface area contributed by atoms with Crippen LogP contribution in [0, 0.1) is 5.82 Å². The third-order valence-corrected chi connectivity index (χ3v) is 4.54. The maximum absolute atomic E-state index is 13.1. The molecule has 0 aliphatic heterocycles. The molecule has 9 heteroatoms. The maximum Gasteiger partial charge on any atom is 0.343 e. The van der Waals surface area contributed by atoms with Crippen LogP contribution in [-0.4, -0.2) is 18.6 Å². The molecular formula is C12H7Cl2FO5S. The molecule has 0 unspecified atom stereocenters. The second kappa shape index (κ2) is 5.59. The summed E-state index contributed by atoms with van der Waals surface area (Å²) >= 11 is 11.4. The Hall–Kier alpha value is -1.70. The van der Waals surface area contributed by atoms with Crippen molar-refractivity contribution in [3.8, 4) is 17.2 Å². The molecule has 2 N–H and O–H groups in total. The first-order valence-electron chi connectivity index (χ1n) is 5.32. The highest BCUT2D eigenvalue weighted by Gasteiger charge is 2.24. The number of hydrogen-bond donors (Lipinski definition) is 2. The summed E-state index contributed by atoms with van der Waals surface area (Å²) in [7, 11) is -4.53. The zero-order valence-electron chi connectivity index (χ0n) is 10.0. The number of aromatic hydroxyl groups is 2. The van der Waals surface area contributed by atoms with Crippen LogP contribution in [0.3, 0.4) is 0 Å². The number of hydrogen-bond acceptors (Lipinski definition) is 5. The topological polar surface area (TPSA) is 83.8 Å². The molecular weight excluding hydrogens is 346 g/mol. The molecule has 21 heavy (non-hydrogen) atoms. The molecule has 0 aliphatic rings. The number of phenols is 2. The van der Waals surface area contributed by atoms with Crippen LogP contribution >= 0.6 is 23.2 Å². The molecule has 0 radical (unpaired) electrons. The minimum Gasteiger partial charge on any atom is -0.506 e. The Kier molecular flexibility index (Phi) is 4.18. The minimum atomic E-state index is -4.53. The number of rotatable bonds is 3.